The number of nitrogen functional groups attached to an aromatic ring is 1. The summed E-state index contributed by atoms with van der Waals surface area (Å²) in [6, 6.07) is 7.68. The van der Waals surface area contributed by atoms with Crippen LogP contribution >= 0.6 is 23.5 Å². The summed E-state index contributed by atoms with van der Waals surface area (Å²) < 4.78 is 8.51. The number of rotatable bonds is 8. The maximum absolute atomic E-state index is 12.3. The van der Waals surface area contributed by atoms with E-state index in [4.69, 9.17) is 10.6 Å². The number of carbonyl (C=O) groups excluding carboxylic acids is 1. The summed E-state index contributed by atoms with van der Waals surface area (Å²) in [5.41, 5.74) is 3.92. The van der Waals surface area contributed by atoms with Crippen molar-refractivity contribution in [3.8, 4) is 5.75 Å². The average molecular weight is 406 g/mol. The SMILES string of the molecule is CSc1nnc(COc2ccc(C)cc2)n1NC(=O)CSc1nncn1N. The lowest BCUT2D eigenvalue weighted by Crippen LogP contribution is -2.27. The second-order valence-corrected chi connectivity index (χ2v) is 7.10. The van der Waals surface area contributed by atoms with Gasteiger partial charge in [0.25, 0.3) is 0 Å². The highest BCUT2D eigenvalue weighted by Gasteiger charge is 2.15. The number of thioether (sulfide) groups is 2. The summed E-state index contributed by atoms with van der Waals surface area (Å²) in [6.07, 6.45) is 3.22. The third kappa shape index (κ3) is 4.92. The molecule has 1 amide bonds. The van der Waals surface area contributed by atoms with Crippen LogP contribution in [0.1, 0.15) is 11.4 Å². The number of carbonyl (C=O) groups is 1. The van der Waals surface area contributed by atoms with Gasteiger partial charge in [-0.1, -0.05) is 41.2 Å². The van der Waals surface area contributed by atoms with E-state index in [9.17, 15) is 4.79 Å². The van der Waals surface area contributed by atoms with Gasteiger partial charge < -0.3 is 10.6 Å². The topological polar surface area (TPSA) is 126 Å². The molecular formula is C15H18N8O2S2. The summed E-state index contributed by atoms with van der Waals surface area (Å²) in [7, 11) is 0. The van der Waals surface area contributed by atoms with Gasteiger partial charge in [-0.15, -0.1) is 20.4 Å². The van der Waals surface area contributed by atoms with Gasteiger partial charge in [0.1, 0.15) is 18.7 Å². The minimum absolute atomic E-state index is 0.111. The van der Waals surface area contributed by atoms with Crippen LogP contribution in [0.2, 0.25) is 0 Å². The Balaban J connectivity index is 1.63. The second-order valence-electron chi connectivity index (χ2n) is 5.38. The van der Waals surface area contributed by atoms with Crippen LogP contribution in [0, 0.1) is 6.92 Å². The van der Waals surface area contributed by atoms with Crippen molar-refractivity contribution in [3.05, 3.63) is 42.0 Å². The number of hydrogen-bond donors (Lipinski definition) is 2. The van der Waals surface area contributed by atoms with Gasteiger partial charge in [-0.05, 0) is 25.3 Å². The molecule has 0 aliphatic carbocycles. The molecule has 0 bridgehead atoms. The van der Waals surface area contributed by atoms with E-state index in [1.807, 2.05) is 37.4 Å². The van der Waals surface area contributed by atoms with Crippen LogP contribution in [-0.2, 0) is 11.4 Å². The first-order chi connectivity index (χ1) is 13.1. The van der Waals surface area contributed by atoms with Crippen LogP contribution < -0.4 is 16.0 Å². The number of nitrogens with zero attached hydrogens (tertiary/aromatic N) is 6. The van der Waals surface area contributed by atoms with Gasteiger partial charge in [0.2, 0.25) is 16.2 Å². The van der Waals surface area contributed by atoms with E-state index in [0.29, 0.717) is 21.9 Å². The third-order valence-corrected chi connectivity index (χ3v) is 4.97. The Morgan fingerprint density at radius 3 is 2.67 bits per heavy atom. The Hall–Kier alpha value is -2.73. The van der Waals surface area contributed by atoms with E-state index in [0.717, 1.165) is 5.56 Å². The highest BCUT2D eigenvalue weighted by atomic mass is 32.2. The van der Waals surface area contributed by atoms with E-state index >= 15 is 0 Å². The molecule has 27 heavy (non-hydrogen) atoms. The van der Waals surface area contributed by atoms with Crippen molar-refractivity contribution >= 4 is 29.4 Å². The van der Waals surface area contributed by atoms with Gasteiger partial charge in [0.15, 0.2) is 5.82 Å². The quantitative estimate of drug-likeness (QED) is 0.417. The number of aromatic nitrogens is 6. The highest BCUT2D eigenvalue weighted by molar-refractivity contribution is 7.99. The Morgan fingerprint density at radius 2 is 2.00 bits per heavy atom. The fraction of sp³-hybridized carbons (Fsp3) is 0.267. The molecule has 2 heterocycles. The van der Waals surface area contributed by atoms with Gasteiger partial charge >= 0.3 is 0 Å². The maximum atomic E-state index is 12.3. The van der Waals surface area contributed by atoms with Crippen molar-refractivity contribution in [1.29, 1.82) is 0 Å². The molecule has 12 heteroatoms. The summed E-state index contributed by atoms with van der Waals surface area (Å²) in [5, 5.41) is 16.6. The van der Waals surface area contributed by atoms with E-state index in [2.05, 4.69) is 25.8 Å². The zero-order valence-corrected chi connectivity index (χ0v) is 16.3. The van der Waals surface area contributed by atoms with Crippen LogP contribution in [0.25, 0.3) is 0 Å². The molecule has 0 fully saturated rings. The van der Waals surface area contributed by atoms with Crippen LogP contribution in [0.4, 0.5) is 0 Å². The van der Waals surface area contributed by atoms with Crippen molar-refractivity contribution in [2.24, 2.45) is 0 Å². The molecule has 0 aliphatic heterocycles. The monoisotopic (exact) mass is 406 g/mol. The first kappa shape index (κ1) is 19.0. The number of hydrogen-bond acceptors (Lipinski definition) is 9. The first-order valence-corrected chi connectivity index (χ1v) is 10.0. The van der Waals surface area contributed by atoms with Crippen molar-refractivity contribution in [1.82, 2.24) is 29.7 Å². The molecule has 0 radical (unpaired) electrons. The molecule has 3 N–H and O–H groups in total. The Kier molecular flexibility index (Phi) is 6.19. The van der Waals surface area contributed by atoms with Crippen LogP contribution in [0.15, 0.2) is 40.9 Å². The molecule has 0 unspecified atom stereocenters. The smallest absolute Gasteiger partial charge is 0.249 e. The van der Waals surface area contributed by atoms with Gasteiger partial charge in [0.05, 0.1) is 5.75 Å². The standard InChI is InChI=1S/C15H18N8O2S2/c1-10-3-5-11(6-4-10)25-7-12-18-20-15(26-2)23(12)21-13(24)8-27-14-19-17-9-22(14)16/h3-6,9H,7-8,16H2,1-2H3,(H,21,24). The Labute approximate surface area is 163 Å². The van der Waals surface area contributed by atoms with Crippen LogP contribution in [-0.4, -0.2) is 47.7 Å². The van der Waals surface area contributed by atoms with E-state index in [1.165, 1.54) is 39.2 Å². The molecule has 3 aromatic rings. The minimum Gasteiger partial charge on any atom is -0.486 e. The van der Waals surface area contributed by atoms with Crippen molar-refractivity contribution in [2.75, 3.05) is 23.3 Å². The Bertz CT molecular complexity index is 909. The molecule has 2 aromatic heterocycles. The molecule has 0 aliphatic rings. The zero-order valence-electron chi connectivity index (χ0n) is 14.7. The highest BCUT2D eigenvalue weighted by Crippen LogP contribution is 2.17. The molecule has 3 rings (SSSR count). The van der Waals surface area contributed by atoms with Crippen LogP contribution in [0.5, 0.6) is 5.75 Å². The van der Waals surface area contributed by atoms with Gasteiger partial charge in [-0.2, -0.15) is 0 Å². The first-order valence-electron chi connectivity index (χ1n) is 7.82. The average Bonchev–Trinajstić information content (AvgIpc) is 3.25. The lowest BCUT2D eigenvalue weighted by Gasteiger charge is -2.11. The van der Waals surface area contributed by atoms with Crippen molar-refractivity contribution < 1.29 is 9.53 Å². The van der Waals surface area contributed by atoms with E-state index in [1.54, 1.807) is 0 Å². The van der Waals surface area contributed by atoms with Gasteiger partial charge in [-0.3, -0.25) is 10.2 Å². The van der Waals surface area contributed by atoms with Crippen LogP contribution in [0.3, 0.4) is 0 Å². The van der Waals surface area contributed by atoms with E-state index in [-0.39, 0.29) is 18.3 Å². The molecule has 0 atom stereocenters. The maximum Gasteiger partial charge on any atom is 0.249 e. The van der Waals surface area contributed by atoms with Gasteiger partial charge in [-0.25, -0.2) is 9.35 Å². The Morgan fingerprint density at radius 1 is 1.22 bits per heavy atom. The number of ether oxygens (including phenoxy) is 1. The predicted octanol–water partition coefficient (Wildman–Crippen LogP) is 1.06. The molecule has 0 spiro atoms. The molecule has 0 saturated carbocycles. The summed E-state index contributed by atoms with van der Waals surface area (Å²) >= 11 is 2.54. The van der Waals surface area contributed by atoms with Crippen molar-refractivity contribution in [3.63, 3.8) is 0 Å². The van der Waals surface area contributed by atoms with Crippen molar-refractivity contribution in [2.45, 2.75) is 23.8 Å². The number of amides is 1. The summed E-state index contributed by atoms with van der Waals surface area (Å²) in [4.78, 5) is 12.3. The number of benzene rings is 1. The molecule has 10 nitrogen and oxygen atoms in total. The fourth-order valence-electron chi connectivity index (χ4n) is 2.04. The summed E-state index contributed by atoms with van der Waals surface area (Å²) in [6.45, 7) is 2.17. The molecule has 142 valence electrons. The van der Waals surface area contributed by atoms with Gasteiger partial charge in [0, 0.05) is 0 Å². The normalized spacial score (nSPS) is 10.7. The van der Waals surface area contributed by atoms with E-state index < -0.39 is 0 Å². The number of nitrogens with one attached hydrogen (secondary N) is 1. The molecular weight excluding hydrogens is 388 g/mol. The number of nitrogens with two attached hydrogens (primary N) is 1. The summed E-state index contributed by atoms with van der Waals surface area (Å²) in [5.74, 6) is 6.69. The lowest BCUT2D eigenvalue weighted by atomic mass is 10.2. The number of aryl methyl sites for hydroxylation is 1. The zero-order chi connectivity index (χ0) is 19.2. The second kappa shape index (κ2) is 8.77. The minimum atomic E-state index is -0.255. The third-order valence-electron chi connectivity index (χ3n) is 3.38. The molecule has 1 aromatic carbocycles. The molecule has 0 saturated heterocycles. The largest absolute Gasteiger partial charge is 0.486 e. The predicted molar refractivity (Wildman–Crippen MR) is 103 cm³/mol. The fourth-order valence-corrected chi connectivity index (χ4v) is 3.12. The lowest BCUT2D eigenvalue weighted by molar-refractivity contribution is -0.114.